The molecule has 0 aliphatic carbocycles. The fourth-order valence-corrected chi connectivity index (χ4v) is 4.78. The molecule has 118 valence electrons. The maximum atomic E-state index is 10.5. The molecule has 0 amide bonds. The van der Waals surface area contributed by atoms with E-state index in [9.17, 15) is 10.2 Å². The molecule has 0 aliphatic heterocycles. The minimum absolute atomic E-state index is 0.250. The van der Waals surface area contributed by atoms with Crippen LogP contribution >= 0.6 is 31.9 Å². The summed E-state index contributed by atoms with van der Waals surface area (Å²) >= 11 is 7.17. The maximum absolute atomic E-state index is 10.5. The molecule has 0 aromatic heterocycles. The normalized spacial score (nSPS) is 11.6. The monoisotopic (exact) mass is 426 g/mol. The topological polar surface area (TPSA) is 40.5 Å². The number of phenols is 2. The molecule has 0 spiro atoms. The Morgan fingerprint density at radius 2 is 1.32 bits per heavy atom. The van der Waals surface area contributed by atoms with Crippen molar-refractivity contribution in [2.45, 2.75) is 38.5 Å². The van der Waals surface area contributed by atoms with Crippen molar-refractivity contribution < 1.29 is 10.2 Å². The van der Waals surface area contributed by atoms with Crippen LogP contribution in [-0.2, 0) is 5.41 Å². The van der Waals surface area contributed by atoms with Gasteiger partial charge < -0.3 is 10.2 Å². The molecule has 0 atom stereocenters. The minimum atomic E-state index is -0.455. The van der Waals surface area contributed by atoms with E-state index < -0.39 is 5.41 Å². The van der Waals surface area contributed by atoms with E-state index >= 15 is 0 Å². The average molecular weight is 428 g/mol. The van der Waals surface area contributed by atoms with Gasteiger partial charge in [0.25, 0.3) is 0 Å². The van der Waals surface area contributed by atoms with E-state index in [2.05, 4.69) is 45.7 Å². The molecular formula is C18H20Br2O2. The average Bonchev–Trinajstić information content (AvgIpc) is 2.46. The number of aromatic hydroxyl groups is 2. The van der Waals surface area contributed by atoms with Crippen LogP contribution in [0.4, 0.5) is 0 Å². The van der Waals surface area contributed by atoms with Gasteiger partial charge in [-0.25, -0.2) is 0 Å². The van der Waals surface area contributed by atoms with E-state index in [1.165, 1.54) is 0 Å². The Bertz CT molecular complexity index is 576. The first-order chi connectivity index (χ1) is 10.5. The minimum Gasteiger partial charge on any atom is -0.508 e. The summed E-state index contributed by atoms with van der Waals surface area (Å²) in [5.74, 6) is 0.500. The van der Waals surface area contributed by atoms with E-state index in [1.807, 2.05) is 24.3 Å². The van der Waals surface area contributed by atoms with Crippen molar-refractivity contribution in [1.29, 1.82) is 0 Å². The number of hydrogen-bond donors (Lipinski definition) is 2. The summed E-state index contributed by atoms with van der Waals surface area (Å²) < 4.78 is 1.72. The number of halogens is 2. The van der Waals surface area contributed by atoms with Crippen molar-refractivity contribution in [3.05, 3.63) is 56.5 Å². The Labute approximate surface area is 148 Å². The highest BCUT2D eigenvalue weighted by Gasteiger charge is 2.39. The molecule has 0 saturated carbocycles. The quantitative estimate of drug-likeness (QED) is 0.603. The third-order valence-corrected chi connectivity index (χ3v) is 5.54. The molecule has 0 bridgehead atoms. The molecule has 0 fully saturated rings. The van der Waals surface area contributed by atoms with Crippen molar-refractivity contribution in [1.82, 2.24) is 0 Å². The summed E-state index contributed by atoms with van der Waals surface area (Å²) in [6, 6.07) is 10.9. The number of hydrogen-bond acceptors (Lipinski definition) is 2. The van der Waals surface area contributed by atoms with Crippen molar-refractivity contribution in [2.75, 3.05) is 0 Å². The van der Waals surface area contributed by atoms with Gasteiger partial charge in [-0.2, -0.15) is 0 Å². The summed E-state index contributed by atoms with van der Waals surface area (Å²) in [7, 11) is 0. The molecule has 0 aliphatic rings. The van der Waals surface area contributed by atoms with Gasteiger partial charge in [0.05, 0.1) is 0 Å². The molecule has 2 N–H and O–H groups in total. The summed E-state index contributed by atoms with van der Waals surface area (Å²) in [6.07, 6.45) is 2.54. The SMILES string of the molecule is CCCC(CC)(c1c(O)cccc1Br)c1c(O)cccc1Br. The van der Waals surface area contributed by atoms with Crippen molar-refractivity contribution >= 4 is 31.9 Å². The molecule has 4 heteroatoms. The lowest BCUT2D eigenvalue weighted by Gasteiger charge is -2.36. The van der Waals surface area contributed by atoms with E-state index in [1.54, 1.807) is 12.1 Å². The fraction of sp³-hybridized carbons (Fsp3) is 0.333. The van der Waals surface area contributed by atoms with Gasteiger partial charge in [0.15, 0.2) is 0 Å². The van der Waals surface area contributed by atoms with Crippen molar-refractivity contribution in [3.63, 3.8) is 0 Å². The standard InChI is InChI=1S/C18H20Br2O2/c1-3-11-18(4-2,16-12(19)7-5-9-14(16)21)17-13(20)8-6-10-15(17)22/h5-10,21-22H,3-4,11H2,1-2H3. The molecule has 2 aromatic carbocycles. The van der Waals surface area contributed by atoms with Crippen LogP contribution in [-0.4, -0.2) is 10.2 Å². The fourth-order valence-electron chi connectivity index (χ4n) is 3.31. The van der Waals surface area contributed by atoms with Crippen LogP contribution < -0.4 is 0 Å². The summed E-state index contributed by atoms with van der Waals surface area (Å²) in [6.45, 7) is 4.21. The summed E-state index contributed by atoms with van der Waals surface area (Å²) in [4.78, 5) is 0. The molecule has 2 rings (SSSR count). The Balaban J connectivity index is 2.84. The van der Waals surface area contributed by atoms with E-state index in [4.69, 9.17) is 0 Å². The molecule has 22 heavy (non-hydrogen) atoms. The zero-order chi connectivity index (χ0) is 16.3. The van der Waals surface area contributed by atoms with E-state index in [0.29, 0.717) is 0 Å². The van der Waals surface area contributed by atoms with Gasteiger partial charge in [-0.15, -0.1) is 0 Å². The molecule has 0 heterocycles. The predicted molar refractivity (Wildman–Crippen MR) is 97.6 cm³/mol. The Hall–Kier alpha value is -1.00. The molecule has 0 saturated heterocycles. The first-order valence-corrected chi connectivity index (χ1v) is 9.02. The lowest BCUT2D eigenvalue weighted by Crippen LogP contribution is -2.28. The van der Waals surface area contributed by atoms with Crippen LogP contribution in [0.15, 0.2) is 45.3 Å². The zero-order valence-electron chi connectivity index (χ0n) is 12.7. The summed E-state index contributed by atoms with van der Waals surface area (Å²) in [5.41, 5.74) is 1.21. The Morgan fingerprint density at radius 1 is 0.864 bits per heavy atom. The van der Waals surface area contributed by atoms with Gasteiger partial charge in [-0.05, 0) is 37.1 Å². The van der Waals surface area contributed by atoms with Crippen LogP contribution in [0.1, 0.15) is 44.2 Å². The predicted octanol–water partition coefficient (Wildman–Crippen LogP) is 6.12. The maximum Gasteiger partial charge on any atom is 0.120 e. The van der Waals surface area contributed by atoms with Crippen molar-refractivity contribution in [2.24, 2.45) is 0 Å². The lowest BCUT2D eigenvalue weighted by atomic mass is 9.69. The largest absolute Gasteiger partial charge is 0.508 e. The van der Waals surface area contributed by atoms with E-state index in [0.717, 1.165) is 39.3 Å². The molecule has 0 unspecified atom stereocenters. The van der Waals surface area contributed by atoms with Crippen LogP contribution in [0.5, 0.6) is 11.5 Å². The molecule has 0 radical (unpaired) electrons. The van der Waals surface area contributed by atoms with Gasteiger partial charge in [-0.3, -0.25) is 0 Å². The number of rotatable bonds is 5. The second-order valence-corrected chi connectivity index (χ2v) is 7.16. The number of benzene rings is 2. The highest BCUT2D eigenvalue weighted by atomic mass is 79.9. The van der Waals surface area contributed by atoms with Crippen LogP contribution in [0.2, 0.25) is 0 Å². The molecule has 2 nitrogen and oxygen atoms in total. The lowest BCUT2D eigenvalue weighted by molar-refractivity contribution is 0.383. The zero-order valence-corrected chi connectivity index (χ0v) is 15.9. The highest BCUT2D eigenvalue weighted by Crippen LogP contribution is 2.51. The van der Waals surface area contributed by atoms with Crippen molar-refractivity contribution in [3.8, 4) is 11.5 Å². The highest BCUT2D eigenvalue weighted by molar-refractivity contribution is 9.10. The third kappa shape index (κ3) is 2.91. The second kappa shape index (κ2) is 7.05. The van der Waals surface area contributed by atoms with E-state index in [-0.39, 0.29) is 11.5 Å². The van der Waals surface area contributed by atoms with Gasteiger partial charge in [-0.1, -0.05) is 64.3 Å². The van der Waals surface area contributed by atoms with Gasteiger partial charge in [0, 0.05) is 25.5 Å². The first kappa shape index (κ1) is 17.4. The molecule has 2 aromatic rings. The van der Waals surface area contributed by atoms with Gasteiger partial charge >= 0.3 is 0 Å². The molecular weight excluding hydrogens is 408 g/mol. The Kier molecular flexibility index (Phi) is 5.56. The van der Waals surface area contributed by atoms with Gasteiger partial charge in [0.1, 0.15) is 11.5 Å². The number of phenolic OH excluding ortho intramolecular Hbond substituents is 2. The Morgan fingerprint density at radius 3 is 1.64 bits per heavy atom. The first-order valence-electron chi connectivity index (χ1n) is 7.43. The van der Waals surface area contributed by atoms with Crippen LogP contribution in [0.3, 0.4) is 0 Å². The summed E-state index contributed by atoms with van der Waals surface area (Å²) in [5, 5.41) is 21.0. The van der Waals surface area contributed by atoms with Crippen LogP contribution in [0, 0.1) is 0 Å². The van der Waals surface area contributed by atoms with Gasteiger partial charge in [0.2, 0.25) is 0 Å². The smallest absolute Gasteiger partial charge is 0.120 e. The second-order valence-electron chi connectivity index (χ2n) is 5.45. The third-order valence-electron chi connectivity index (χ3n) is 4.22. The van der Waals surface area contributed by atoms with Crippen LogP contribution in [0.25, 0.3) is 0 Å².